The topological polar surface area (TPSA) is 131 Å². The molecule has 2 unspecified atom stereocenters. The molecule has 0 aliphatic carbocycles. The number of rotatable bonds is 16. The van der Waals surface area contributed by atoms with Crippen LogP contribution in [0.15, 0.2) is 106 Å². The van der Waals surface area contributed by atoms with Crippen LogP contribution in [0.2, 0.25) is 0 Å². The highest BCUT2D eigenvalue weighted by molar-refractivity contribution is 9.10. The number of nitrogens with one attached hydrogen (secondary N) is 2. The highest BCUT2D eigenvalue weighted by atomic mass is 79.9. The Labute approximate surface area is 283 Å². The first kappa shape index (κ1) is 34.9. The minimum atomic E-state index is -2.62. The summed E-state index contributed by atoms with van der Waals surface area (Å²) in [6.07, 6.45) is -1.73. The quantitative estimate of drug-likeness (QED) is 0.0863. The lowest BCUT2D eigenvalue weighted by Crippen LogP contribution is -2.37. The molecule has 0 saturated carbocycles. The molecule has 2 atom stereocenters. The van der Waals surface area contributed by atoms with Crippen molar-refractivity contribution in [3.8, 4) is 34.5 Å². The predicted octanol–water partition coefficient (Wildman–Crippen LogP) is 7.87. The minimum Gasteiger partial charge on any atom is -0.481 e. The molecule has 2 N–H and O–H groups in total. The summed E-state index contributed by atoms with van der Waals surface area (Å²) in [7, 11) is -2.62. The van der Waals surface area contributed by atoms with Crippen LogP contribution in [0.3, 0.4) is 0 Å². The summed E-state index contributed by atoms with van der Waals surface area (Å²) in [6, 6.07) is 28.4. The highest BCUT2D eigenvalue weighted by Gasteiger charge is 2.24. The van der Waals surface area contributed by atoms with E-state index in [4.69, 9.17) is 28.0 Å². The largest absolute Gasteiger partial charge is 0.701 e. The van der Waals surface area contributed by atoms with E-state index in [1.165, 1.54) is 0 Å². The summed E-state index contributed by atoms with van der Waals surface area (Å²) < 4.78 is 46.7. The van der Waals surface area contributed by atoms with Crippen LogP contribution in [0.4, 0.5) is 0 Å². The van der Waals surface area contributed by atoms with Crippen molar-refractivity contribution in [2.24, 2.45) is 0 Å². The first-order valence-corrected chi connectivity index (χ1v) is 16.5. The van der Waals surface area contributed by atoms with Gasteiger partial charge in [-0.25, -0.2) is 0 Å². The van der Waals surface area contributed by atoms with Gasteiger partial charge in [0, 0.05) is 13.5 Å². The van der Waals surface area contributed by atoms with Gasteiger partial charge in [-0.15, -0.1) is 0 Å². The molecule has 0 aliphatic heterocycles. The van der Waals surface area contributed by atoms with Gasteiger partial charge in [0.25, 0.3) is 11.8 Å². The molecule has 0 fully saturated rings. The maximum absolute atomic E-state index is 12.3. The van der Waals surface area contributed by atoms with Gasteiger partial charge in [0.15, 0.2) is 25.7 Å². The van der Waals surface area contributed by atoms with Gasteiger partial charge in [0.05, 0.1) is 0 Å². The molecule has 14 heteroatoms. The van der Waals surface area contributed by atoms with E-state index in [0.717, 1.165) is 8.95 Å². The molecular weight excluding hydrogens is 747 g/mol. The zero-order chi connectivity index (χ0) is 32.9. The van der Waals surface area contributed by atoms with Crippen LogP contribution in [0.1, 0.15) is 13.8 Å². The molecule has 4 aromatic rings. The van der Waals surface area contributed by atoms with Crippen LogP contribution < -0.4 is 29.6 Å². The van der Waals surface area contributed by atoms with Crippen molar-refractivity contribution in [3.05, 3.63) is 106 Å². The second-order valence-electron chi connectivity index (χ2n) is 9.43. The molecule has 0 aliphatic rings. The van der Waals surface area contributed by atoms with Crippen molar-refractivity contribution in [2.45, 2.75) is 26.1 Å². The van der Waals surface area contributed by atoms with Gasteiger partial charge in [0.1, 0.15) is 34.5 Å². The molecule has 46 heavy (non-hydrogen) atoms. The first-order valence-electron chi connectivity index (χ1n) is 13.8. The van der Waals surface area contributed by atoms with Crippen molar-refractivity contribution < 1.29 is 42.1 Å². The Morgan fingerprint density at radius 2 is 0.848 bits per heavy atom. The normalized spacial score (nSPS) is 12.3. The van der Waals surface area contributed by atoms with Gasteiger partial charge < -0.3 is 29.6 Å². The number of hydrogen-bond donors (Lipinski definition) is 2. The van der Waals surface area contributed by atoms with Gasteiger partial charge in [-0.3, -0.25) is 9.59 Å². The van der Waals surface area contributed by atoms with E-state index in [1.54, 1.807) is 62.4 Å². The predicted molar refractivity (Wildman–Crippen MR) is 177 cm³/mol. The van der Waals surface area contributed by atoms with E-state index in [2.05, 4.69) is 42.5 Å². The number of benzene rings is 4. The molecule has 0 spiro atoms. The third-order valence-corrected chi connectivity index (χ3v) is 7.68. The van der Waals surface area contributed by atoms with Crippen molar-refractivity contribution in [1.29, 1.82) is 0 Å². The van der Waals surface area contributed by atoms with Crippen molar-refractivity contribution in [1.82, 2.24) is 10.6 Å². The number of amides is 2. The third kappa shape index (κ3) is 11.7. The summed E-state index contributed by atoms with van der Waals surface area (Å²) in [5.41, 5.74) is 0. The molecule has 11 nitrogen and oxygen atoms in total. The Hall–Kier alpha value is -4.00. The molecule has 240 valence electrons. The van der Waals surface area contributed by atoms with E-state index in [1.807, 2.05) is 48.5 Å². The molecule has 0 bridgehead atoms. The minimum absolute atomic E-state index is 0.392. The summed E-state index contributed by atoms with van der Waals surface area (Å²) in [6.45, 7) is 2.33. The van der Waals surface area contributed by atoms with E-state index in [-0.39, 0.29) is 0 Å². The lowest BCUT2D eigenvalue weighted by molar-refractivity contribution is -0.128. The van der Waals surface area contributed by atoms with E-state index < -0.39 is 45.7 Å². The Kier molecular flexibility index (Phi) is 13.4. The number of carbonyl (C=O) groups is 2. The Morgan fingerprint density at radius 1 is 0.565 bits per heavy atom. The SMILES string of the molecule is CC(Oc1ccc(Oc2ccc(Br)cc2)cc1)C(=O)NCO[P+](=O)OCNC(=O)C(C)Oc1ccc(Oc2ccc(Br)cc2)cc1. The van der Waals surface area contributed by atoms with E-state index >= 15 is 0 Å². The fourth-order valence-corrected chi connectivity index (χ4v) is 4.55. The number of ether oxygens (including phenoxy) is 4. The maximum atomic E-state index is 12.3. The fraction of sp³-hybridized carbons (Fsp3) is 0.188. The molecule has 0 radical (unpaired) electrons. The zero-order valence-electron chi connectivity index (χ0n) is 24.7. The Morgan fingerprint density at radius 3 is 1.17 bits per heavy atom. The summed E-state index contributed by atoms with van der Waals surface area (Å²) in [4.78, 5) is 24.7. The second-order valence-corrected chi connectivity index (χ2v) is 12.2. The van der Waals surface area contributed by atoms with Crippen LogP contribution in [0.5, 0.6) is 34.5 Å². The van der Waals surface area contributed by atoms with Gasteiger partial charge in [-0.1, -0.05) is 40.9 Å². The number of carbonyl (C=O) groups excluding carboxylic acids is 2. The van der Waals surface area contributed by atoms with Gasteiger partial charge in [-0.05, 0) is 111 Å². The van der Waals surface area contributed by atoms with Crippen LogP contribution in [-0.4, -0.2) is 37.5 Å². The molecule has 0 heterocycles. The monoisotopic (exact) mass is 775 g/mol. The molecule has 2 amide bonds. The average molecular weight is 777 g/mol. The van der Waals surface area contributed by atoms with Crippen LogP contribution in [-0.2, 0) is 23.2 Å². The Bertz CT molecular complexity index is 1470. The van der Waals surface area contributed by atoms with Crippen LogP contribution in [0.25, 0.3) is 0 Å². The average Bonchev–Trinajstić information content (AvgIpc) is 3.05. The number of hydrogen-bond acceptors (Lipinski definition) is 9. The summed E-state index contributed by atoms with van der Waals surface area (Å²) in [5.74, 6) is 2.50. The Balaban J connectivity index is 1.08. The lowest BCUT2D eigenvalue weighted by Gasteiger charge is -2.14. The third-order valence-electron chi connectivity index (χ3n) is 5.94. The maximum Gasteiger partial charge on any atom is 0.701 e. The van der Waals surface area contributed by atoms with Crippen molar-refractivity contribution in [3.63, 3.8) is 0 Å². The number of halogens is 2. The smallest absolute Gasteiger partial charge is 0.481 e. The first-order chi connectivity index (χ1) is 22.1. The van der Waals surface area contributed by atoms with Crippen molar-refractivity contribution >= 4 is 51.9 Å². The van der Waals surface area contributed by atoms with Gasteiger partial charge in [-0.2, -0.15) is 0 Å². The van der Waals surface area contributed by atoms with E-state index in [9.17, 15) is 14.2 Å². The molecular formula is C32H30Br2N2O9P+. The lowest BCUT2D eigenvalue weighted by atomic mass is 10.3. The van der Waals surface area contributed by atoms with Gasteiger partial charge in [0.2, 0.25) is 0 Å². The van der Waals surface area contributed by atoms with Gasteiger partial charge >= 0.3 is 8.25 Å². The molecule has 0 aromatic heterocycles. The van der Waals surface area contributed by atoms with Crippen LogP contribution in [0, 0.1) is 0 Å². The molecule has 4 rings (SSSR count). The van der Waals surface area contributed by atoms with Crippen molar-refractivity contribution in [2.75, 3.05) is 13.5 Å². The molecule has 0 saturated heterocycles. The fourth-order valence-electron chi connectivity index (χ4n) is 3.60. The second kappa shape index (κ2) is 17.6. The summed E-state index contributed by atoms with van der Waals surface area (Å²) >= 11 is 6.76. The zero-order valence-corrected chi connectivity index (χ0v) is 28.8. The standard InChI is InChI=1S/C32H29Br2N2O9P/c1-21(42-25-11-15-29(16-12-25)44-27-7-3-23(33)4-8-27)31(37)35-19-40-46(39)41-20-36-32(38)22(2)43-26-13-17-30(18-14-26)45-28-9-5-24(34)6-10-28/h3-18,21-22H,19-20H2,1-2H3,(H-,35,36,37,38)/p+1. The van der Waals surface area contributed by atoms with Crippen LogP contribution >= 0.6 is 40.1 Å². The summed E-state index contributed by atoms with van der Waals surface area (Å²) in [5, 5.41) is 4.90. The highest BCUT2D eigenvalue weighted by Crippen LogP contribution is 2.27. The molecule has 4 aromatic carbocycles. The van der Waals surface area contributed by atoms with E-state index in [0.29, 0.717) is 34.5 Å².